The van der Waals surface area contributed by atoms with Crippen molar-refractivity contribution >= 4 is 33.5 Å². The van der Waals surface area contributed by atoms with Crippen LogP contribution in [0.1, 0.15) is 44.0 Å². The molecule has 124 valence electrons. The third-order valence-corrected chi connectivity index (χ3v) is 4.46. The van der Waals surface area contributed by atoms with Crippen LogP contribution in [0, 0.1) is 0 Å². The molecule has 2 heterocycles. The summed E-state index contributed by atoms with van der Waals surface area (Å²) in [5, 5.41) is 10.9. The van der Waals surface area contributed by atoms with Gasteiger partial charge in [-0.2, -0.15) is 0 Å². The van der Waals surface area contributed by atoms with Crippen LogP contribution in [0.15, 0.2) is 16.5 Å². The van der Waals surface area contributed by atoms with Crippen molar-refractivity contribution in [3.8, 4) is 0 Å². The molecule has 23 heavy (non-hydrogen) atoms. The number of aliphatic carboxylic acids is 1. The van der Waals surface area contributed by atoms with Gasteiger partial charge in [-0.25, -0.2) is 14.6 Å². The minimum absolute atomic E-state index is 0.105. The van der Waals surface area contributed by atoms with E-state index in [0.717, 1.165) is 28.7 Å². The van der Waals surface area contributed by atoms with Crippen LogP contribution in [0.2, 0.25) is 0 Å². The van der Waals surface area contributed by atoms with Gasteiger partial charge in [0.25, 0.3) is 5.56 Å². The van der Waals surface area contributed by atoms with E-state index in [1.165, 1.54) is 25.6 Å². The first-order valence-corrected chi connectivity index (χ1v) is 8.08. The number of carbonyl (C=O) groups is 2. The number of thiophene rings is 1. The van der Waals surface area contributed by atoms with Gasteiger partial charge >= 0.3 is 11.9 Å². The number of esters is 1. The molecule has 0 bridgehead atoms. The molecule has 0 spiro atoms. The number of ether oxygens (including phenoxy) is 1. The van der Waals surface area contributed by atoms with Crippen LogP contribution in [-0.2, 0) is 15.1 Å². The number of hydrogen-bond acceptors (Lipinski definition) is 6. The molecule has 2 aromatic rings. The van der Waals surface area contributed by atoms with Crippen molar-refractivity contribution < 1.29 is 19.4 Å². The van der Waals surface area contributed by atoms with E-state index in [-0.39, 0.29) is 17.6 Å². The van der Waals surface area contributed by atoms with Crippen molar-refractivity contribution in [3.05, 3.63) is 27.6 Å². The molecule has 0 aliphatic heterocycles. The van der Waals surface area contributed by atoms with Gasteiger partial charge in [0, 0.05) is 5.38 Å². The van der Waals surface area contributed by atoms with E-state index in [2.05, 4.69) is 4.98 Å². The van der Waals surface area contributed by atoms with Crippen LogP contribution < -0.4 is 5.56 Å². The summed E-state index contributed by atoms with van der Waals surface area (Å²) in [4.78, 5) is 40.6. The van der Waals surface area contributed by atoms with Crippen LogP contribution in [-0.4, -0.2) is 33.2 Å². The van der Waals surface area contributed by atoms with Gasteiger partial charge < -0.3 is 9.84 Å². The maximum absolute atomic E-state index is 12.7. The number of unbranched alkanes of at least 4 members (excludes halogenated alkanes) is 1. The smallest absolute Gasteiger partial charge is 0.339 e. The minimum atomic E-state index is -1.47. The zero-order valence-corrected chi connectivity index (χ0v) is 14.0. The number of rotatable bonds is 6. The molecule has 0 saturated carbocycles. The molecular weight excluding hydrogens is 320 g/mol. The van der Waals surface area contributed by atoms with Crippen molar-refractivity contribution in [1.29, 1.82) is 0 Å². The van der Waals surface area contributed by atoms with E-state index < -0.39 is 23.0 Å². The number of aromatic nitrogens is 2. The average molecular weight is 338 g/mol. The van der Waals surface area contributed by atoms with Crippen molar-refractivity contribution in [2.45, 2.75) is 39.2 Å². The zero-order chi connectivity index (χ0) is 17.2. The maximum atomic E-state index is 12.7. The summed E-state index contributed by atoms with van der Waals surface area (Å²) in [5.41, 5.74) is -1.90. The summed E-state index contributed by atoms with van der Waals surface area (Å²) < 4.78 is 6.16. The van der Waals surface area contributed by atoms with Gasteiger partial charge in [0.05, 0.1) is 17.6 Å². The summed E-state index contributed by atoms with van der Waals surface area (Å²) in [7, 11) is 0. The lowest BCUT2D eigenvalue weighted by molar-refractivity contribution is -0.145. The molecule has 0 unspecified atom stereocenters. The Balaban J connectivity index is 2.52. The fourth-order valence-corrected chi connectivity index (χ4v) is 2.84. The maximum Gasteiger partial charge on any atom is 0.339 e. The Hall–Kier alpha value is -2.22. The fourth-order valence-electron chi connectivity index (χ4n) is 1.97. The molecule has 0 amide bonds. The molecular formula is C15H18N2O5S. The molecule has 8 heteroatoms. The van der Waals surface area contributed by atoms with Crippen molar-refractivity contribution in [2.24, 2.45) is 0 Å². The van der Waals surface area contributed by atoms with Gasteiger partial charge in [-0.1, -0.05) is 13.3 Å². The highest BCUT2D eigenvalue weighted by Gasteiger charge is 2.32. The molecule has 0 atom stereocenters. The highest BCUT2D eigenvalue weighted by molar-refractivity contribution is 7.17. The SMILES string of the molecule is CCCCOC(=O)c1csc2ncn(C(C)(C)C(=O)O)c(=O)c12. The lowest BCUT2D eigenvalue weighted by atomic mass is 10.1. The highest BCUT2D eigenvalue weighted by atomic mass is 32.1. The molecule has 2 rings (SSSR count). The number of carboxylic acids is 1. The zero-order valence-electron chi connectivity index (χ0n) is 13.2. The Morgan fingerprint density at radius 2 is 2.13 bits per heavy atom. The molecule has 0 aliphatic rings. The van der Waals surface area contributed by atoms with Gasteiger partial charge in [-0.3, -0.25) is 9.36 Å². The van der Waals surface area contributed by atoms with E-state index in [9.17, 15) is 19.5 Å². The van der Waals surface area contributed by atoms with Crippen molar-refractivity contribution in [3.63, 3.8) is 0 Å². The van der Waals surface area contributed by atoms with Crippen molar-refractivity contribution in [2.75, 3.05) is 6.61 Å². The lowest BCUT2D eigenvalue weighted by Gasteiger charge is -2.21. The van der Waals surface area contributed by atoms with Crippen LogP contribution in [0.25, 0.3) is 10.2 Å². The topological polar surface area (TPSA) is 98.5 Å². The monoisotopic (exact) mass is 338 g/mol. The highest BCUT2D eigenvalue weighted by Crippen LogP contribution is 2.23. The Morgan fingerprint density at radius 1 is 1.43 bits per heavy atom. The Bertz CT molecular complexity index is 806. The van der Waals surface area contributed by atoms with E-state index in [1.54, 1.807) is 0 Å². The Labute approximate surface area is 136 Å². The standard InChI is InChI=1S/C15H18N2O5S/c1-4-5-6-22-13(19)9-7-23-11-10(9)12(18)17(8-16-11)15(2,3)14(20)21/h7-8H,4-6H2,1-3H3,(H,20,21). The van der Waals surface area contributed by atoms with Gasteiger partial charge in [0.2, 0.25) is 0 Å². The summed E-state index contributed by atoms with van der Waals surface area (Å²) >= 11 is 1.15. The van der Waals surface area contributed by atoms with Crippen LogP contribution in [0.4, 0.5) is 0 Å². The van der Waals surface area contributed by atoms with Crippen LogP contribution in [0.3, 0.4) is 0 Å². The first-order valence-electron chi connectivity index (χ1n) is 7.20. The third-order valence-electron chi connectivity index (χ3n) is 3.57. The molecule has 0 radical (unpaired) electrons. The van der Waals surface area contributed by atoms with E-state index in [4.69, 9.17) is 4.74 Å². The molecule has 0 aliphatic carbocycles. The molecule has 0 saturated heterocycles. The predicted molar refractivity (Wildman–Crippen MR) is 86.0 cm³/mol. The second kappa shape index (κ2) is 6.49. The Kier molecular flexibility index (Phi) is 4.84. The molecule has 0 aromatic carbocycles. The molecule has 0 fully saturated rings. The molecule has 2 aromatic heterocycles. The number of carbonyl (C=O) groups excluding carboxylic acids is 1. The quantitative estimate of drug-likeness (QED) is 0.640. The predicted octanol–water partition coefficient (Wildman–Crippen LogP) is 2.23. The summed E-state index contributed by atoms with van der Waals surface area (Å²) in [6.45, 7) is 5.05. The van der Waals surface area contributed by atoms with Crippen LogP contribution in [0.5, 0.6) is 0 Å². The van der Waals surface area contributed by atoms with Crippen molar-refractivity contribution in [1.82, 2.24) is 9.55 Å². The second-order valence-corrected chi connectivity index (χ2v) is 6.46. The van der Waals surface area contributed by atoms with Gasteiger partial charge in [-0.05, 0) is 20.3 Å². The normalized spacial score (nSPS) is 11.6. The second-order valence-electron chi connectivity index (χ2n) is 5.60. The van der Waals surface area contributed by atoms with Gasteiger partial charge in [0.1, 0.15) is 16.7 Å². The summed E-state index contributed by atoms with van der Waals surface area (Å²) in [6.07, 6.45) is 2.82. The summed E-state index contributed by atoms with van der Waals surface area (Å²) in [6, 6.07) is 0. The van der Waals surface area contributed by atoms with Gasteiger partial charge in [0.15, 0.2) is 0 Å². The third kappa shape index (κ3) is 3.12. The number of hydrogen-bond donors (Lipinski definition) is 1. The van der Waals surface area contributed by atoms with Gasteiger partial charge in [-0.15, -0.1) is 11.3 Å². The minimum Gasteiger partial charge on any atom is -0.480 e. The number of fused-ring (bicyclic) bond motifs is 1. The average Bonchev–Trinajstić information content (AvgIpc) is 2.92. The Morgan fingerprint density at radius 3 is 2.74 bits per heavy atom. The number of carboxylic acid groups (broad SMARTS) is 1. The number of nitrogens with zero attached hydrogens (tertiary/aromatic N) is 2. The molecule has 7 nitrogen and oxygen atoms in total. The van der Waals surface area contributed by atoms with E-state index in [1.807, 2.05) is 6.92 Å². The molecule has 1 N–H and O–H groups in total. The first kappa shape index (κ1) is 17.1. The lowest BCUT2D eigenvalue weighted by Crippen LogP contribution is -2.42. The summed E-state index contributed by atoms with van der Waals surface area (Å²) in [5.74, 6) is -1.75. The fraction of sp³-hybridized carbons (Fsp3) is 0.467. The van der Waals surface area contributed by atoms with E-state index in [0.29, 0.717) is 4.83 Å². The first-order chi connectivity index (χ1) is 10.8. The van der Waals surface area contributed by atoms with Crippen LogP contribution >= 0.6 is 11.3 Å². The van der Waals surface area contributed by atoms with E-state index >= 15 is 0 Å². The largest absolute Gasteiger partial charge is 0.480 e.